The van der Waals surface area contributed by atoms with E-state index in [1.54, 1.807) is 25.7 Å². The normalized spacial score (nSPS) is 22.7. The molecule has 0 bridgehead atoms. The van der Waals surface area contributed by atoms with Crippen LogP contribution in [0.2, 0.25) is 0 Å². The second-order valence-corrected chi connectivity index (χ2v) is 6.24. The molecule has 2 fully saturated rings. The van der Waals surface area contributed by atoms with Gasteiger partial charge in [0.15, 0.2) is 0 Å². The summed E-state index contributed by atoms with van der Waals surface area (Å²) in [5, 5.41) is 0. The fraction of sp³-hybridized carbons (Fsp3) is 0.929. The highest BCUT2D eigenvalue weighted by Crippen LogP contribution is 2.50. The third kappa shape index (κ3) is 4.54. The van der Waals surface area contributed by atoms with Gasteiger partial charge < -0.3 is 4.74 Å². The molecule has 94 valence electrons. The van der Waals surface area contributed by atoms with E-state index < -0.39 is 0 Å². The Bertz CT molecular complexity index is 186. The van der Waals surface area contributed by atoms with Crippen LogP contribution in [0.25, 0.3) is 0 Å². The molecule has 2 aliphatic carbocycles. The van der Waals surface area contributed by atoms with E-state index in [4.69, 9.17) is 0 Å². The molecule has 2 saturated carbocycles. The Hall–Kier alpha value is -0.530. The van der Waals surface area contributed by atoms with Crippen LogP contribution < -0.4 is 0 Å². The molecule has 0 atom stereocenters. The molecule has 0 amide bonds. The standard InChI is InChI=1S/C9H16.C5H10O2/c1-2-6-9(5-1)7-3-4-8-9;1-5(2,3)7-4-6/h1-8H2;4H,1-3H3. The topological polar surface area (TPSA) is 26.3 Å². The van der Waals surface area contributed by atoms with E-state index in [0.717, 1.165) is 5.41 Å². The first-order valence-electron chi connectivity index (χ1n) is 6.59. The van der Waals surface area contributed by atoms with Gasteiger partial charge in [0.05, 0.1) is 0 Å². The highest BCUT2D eigenvalue weighted by atomic mass is 16.5. The van der Waals surface area contributed by atoms with Crippen molar-refractivity contribution in [2.45, 2.75) is 77.7 Å². The van der Waals surface area contributed by atoms with E-state index in [2.05, 4.69) is 4.74 Å². The van der Waals surface area contributed by atoms with E-state index in [0.29, 0.717) is 6.47 Å². The van der Waals surface area contributed by atoms with Crippen molar-refractivity contribution >= 4 is 6.47 Å². The molecule has 0 saturated heterocycles. The largest absolute Gasteiger partial charge is 0.462 e. The molecule has 2 aliphatic rings. The van der Waals surface area contributed by atoms with Gasteiger partial charge >= 0.3 is 0 Å². The highest BCUT2D eigenvalue weighted by Gasteiger charge is 2.35. The maximum Gasteiger partial charge on any atom is 0.293 e. The van der Waals surface area contributed by atoms with Crippen molar-refractivity contribution in [2.24, 2.45) is 5.41 Å². The number of carbonyl (C=O) groups is 1. The predicted octanol–water partition coefficient (Wildman–Crippen LogP) is 4.08. The molecular weight excluding hydrogens is 200 g/mol. The molecule has 2 rings (SSSR count). The molecule has 0 unspecified atom stereocenters. The number of hydrogen-bond acceptors (Lipinski definition) is 2. The lowest BCUT2D eigenvalue weighted by atomic mass is 9.85. The lowest BCUT2D eigenvalue weighted by Gasteiger charge is -2.20. The fourth-order valence-corrected chi connectivity index (χ4v) is 2.89. The first kappa shape index (κ1) is 13.5. The number of hydrogen-bond donors (Lipinski definition) is 0. The summed E-state index contributed by atoms with van der Waals surface area (Å²) in [6.45, 7) is 5.92. The second-order valence-electron chi connectivity index (χ2n) is 6.24. The minimum absolute atomic E-state index is 0.318. The van der Waals surface area contributed by atoms with Gasteiger partial charge in [0.2, 0.25) is 0 Å². The first-order valence-corrected chi connectivity index (χ1v) is 6.59. The molecule has 0 aromatic carbocycles. The Balaban J connectivity index is 0.000000168. The predicted molar refractivity (Wildman–Crippen MR) is 66.3 cm³/mol. The van der Waals surface area contributed by atoms with Crippen molar-refractivity contribution < 1.29 is 9.53 Å². The van der Waals surface area contributed by atoms with Gasteiger partial charge in [0.1, 0.15) is 5.60 Å². The van der Waals surface area contributed by atoms with Gasteiger partial charge in [-0.05, 0) is 51.9 Å². The van der Waals surface area contributed by atoms with Gasteiger partial charge in [0.25, 0.3) is 6.47 Å². The Morgan fingerprint density at radius 1 is 0.938 bits per heavy atom. The molecule has 0 aromatic rings. The smallest absolute Gasteiger partial charge is 0.293 e. The Morgan fingerprint density at radius 2 is 1.31 bits per heavy atom. The third-order valence-corrected chi connectivity index (χ3v) is 3.73. The molecule has 0 N–H and O–H groups in total. The lowest BCUT2D eigenvalue weighted by molar-refractivity contribution is -0.138. The highest BCUT2D eigenvalue weighted by molar-refractivity contribution is 5.37. The maximum atomic E-state index is 9.60. The lowest BCUT2D eigenvalue weighted by Crippen LogP contribution is -2.17. The molecular formula is C14H26O2. The van der Waals surface area contributed by atoms with Crippen LogP contribution in [0.3, 0.4) is 0 Å². The number of rotatable bonds is 1. The first-order chi connectivity index (χ1) is 7.47. The van der Waals surface area contributed by atoms with Gasteiger partial charge in [-0.1, -0.05) is 25.7 Å². The van der Waals surface area contributed by atoms with Crippen molar-refractivity contribution in [2.75, 3.05) is 0 Å². The van der Waals surface area contributed by atoms with E-state index >= 15 is 0 Å². The summed E-state index contributed by atoms with van der Waals surface area (Å²) in [4.78, 5) is 9.60. The van der Waals surface area contributed by atoms with Crippen LogP contribution in [-0.4, -0.2) is 12.1 Å². The SMILES string of the molecule is C1CCC2(C1)CCCC2.CC(C)(C)OC=O. The van der Waals surface area contributed by atoms with Crippen molar-refractivity contribution in [3.63, 3.8) is 0 Å². The van der Waals surface area contributed by atoms with Crippen molar-refractivity contribution in [1.29, 1.82) is 0 Å². The molecule has 1 spiro atoms. The molecule has 0 radical (unpaired) electrons. The zero-order valence-electron chi connectivity index (χ0n) is 11.1. The maximum absolute atomic E-state index is 9.60. The van der Waals surface area contributed by atoms with Gasteiger partial charge in [-0.3, -0.25) is 4.79 Å². The summed E-state index contributed by atoms with van der Waals surface area (Å²) >= 11 is 0. The summed E-state index contributed by atoms with van der Waals surface area (Å²) in [7, 11) is 0. The van der Waals surface area contributed by atoms with Crippen molar-refractivity contribution in [3.05, 3.63) is 0 Å². The van der Waals surface area contributed by atoms with Gasteiger partial charge in [-0.2, -0.15) is 0 Å². The van der Waals surface area contributed by atoms with Crippen LogP contribution in [0.15, 0.2) is 0 Å². The van der Waals surface area contributed by atoms with Crippen LogP contribution >= 0.6 is 0 Å². The van der Waals surface area contributed by atoms with E-state index in [1.807, 2.05) is 20.8 Å². The average molecular weight is 226 g/mol. The van der Waals surface area contributed by atoms with Gasteiger partial charge in [0, 0.05) is 0 Å². The van der Waals surface area contributed by atoms with Crippen LogP contribution in [0.5, 0.6) is 0 Å². The van der Waals surface area contributed by atoms with Gasteiger partial charge in [-0.15, -0.1) is 0 Å². The molecule has 2 nitrogen and oxygen atoms in total. The van der Waals surface area contributed by atoms with Gasteiger partial charge in [-0.25, -0.2) is 0 Å². The monoisotopic (exact) mass is 226 g/mol. The van der Waals surface area contributed by atoms with E-state index in [-0.39, 0.29) is 5.60 Å². The summed E-state index contributed by atoms with van der Waals surface area (Å²) < 4.78 is 4.55. The molecule has 16 heavy (non-hydrogen) atoms. The fourth-order valence-electron chi connectivity index (χ4n) is 2.89. The Morgan fingerprint density at radius 3 is 1.50 bits per heavy atom. The molecule has 0 heterocycles. The van der Waals surface area contributed by atoms with Crippen molar-refractivity contribution in [3.8, 4) is 0 Å². The van der Waals surface area contributed by atoms with Crippen LogP contribution in [0, 0.1) is 5.41 Å². The summed E-state index contributed by atoms with van der Waals surface area (Å²) in [5.74, 6) is 0. The Labute approximate surface area is 99.8 Å². The molecule has 0 aromatic heterocycles. The van der Waals surface area contributed by atoms with Crippen LogP contribution in [0.4, 0.5) is 0 Å². The zero-order chi connectivity index (χ0) is 12.1. The summed E-state index contributed by atoms with van der Waals surface area (Å²) in [5.41, 5.74) is 0.571. The van der Waals surface area contributed by atoms with Crippen LogP contribution in [-0.2, 0) is 9.53 Å². The average Bonchev–Trinajstić information content (AvgIpc) is 2.79. The third-order valence-electron chi connectivity index (χ3n) is 3.73. The Kier molecular flexibility index (Phi) is 4.82. The molecule has 0 aliphatic heterocycles. The molecule has 2 heteroatoms. The van der Waals surface area contributed by atoms with Crippen LogP contribution in [0.1, 0.15) is 72.1 Å². The summed E-state index contributed by atoms with van der Waals surface area (Å²) in [6, 6.07) is 0. The zero-order valence-corrected chi connectivity index (χ0v) is 11.1. The van der Waals surface area contributed by atoms with E-state index in [1.165, 1.54) is 25.7 Å². The number of carbonyl (C=O) groups excluding carboxylic acids is 1. The van der Waals surface area contributed by atoms with Crippen molar-refractivity contribution in [1.82, 2.24) is 0 Å². The van der Waals surface area contributed by atoms with E-state index in [9.17, 15) is 4.79 Å². The second kappa shape index (κ2) is 5.70. The summed E-state index contributed by atoms with van der Waals surface area (Å²) in [6.07, 6.45) is 12.4. The quantitative estimate of drug-likeness (QED) is 0.630. The number of ether oxygens (including phenoxy) is 1. The minimum atomic E-state index is -0.318. The minimum Gasteiger partial charge on any atom is -0.462 e.